The summed E-state index contributed by atoms with van der Waals surface area (Å²) in [6, 6.07) is 18.6. The molecule has 284 valence electrons. The van der Waals surface area contributed by atoms with Crippen LogP contribution < -0.4 is 26.1 Å². The molecule has 3 aromatic heterocycles. The molecule has 3 heterocycles. The molecule has 5 rings (SSSR count). The summed E-state index contributed by atoms with van der Waals surface area (Å²) >= 11 is 0. The van der Waals surface area contributed by atoms with Crippen LogP contribution >= 0.6 is 0 Å². The maximum Gasteiger partial charge on any atom is 0.335 e. The summed E-state index contributed by atoms with van der Waals surface area (Å²) in [6.45, 7) is 5.00. The van der Waals surface area contributed by atoms with Gasteiger partial charge in [0, 0.05) is 17.6 Å². The first-order valence-corrected chi connectivity index (χ1v) is 16.2. The molecule has 0 unspecified atom stereocenters. The molecule has 0 aliphatic rings. The molecule has 0 bridgehead atoms. The van der Waals surface area contributed by atoms with Crippen LogP contribution in [0.2, 0.25) is 0 Å². The zero-order chi connectivity index (χ0) is 39.7. The molecule has 18 heteroatoms. The van der Waals surface area contributed by atoms with Gasteiger partial charge in [0.25, 0.3) is 11.5 Å². The topological polar surface area (TPSA) is 268 Å². The second kappa shape index (κ2) is 17.7. The molecule has 0 spiro atoms. The monoisotopic (exact) mass is 746 g/mol. The van der Waals surface area contributed by atoms with E-state index >= 15 is 0 Å². The van der Waals surface area contributed by atoms with Crippen molar-refractivity contribution in [2.24, 2.45) is 5.73 Å². The van der Waals surface area contributed by atoms with Crippen molar-refractivity contribution in [3.05, 3.63) is 101 Å². The van der Waals surface area contributed by atoms with Crippen LogP contribution in [0.3, 0.4) is 0 Å². The van der Waals surface area contributed by atoms with Crippen molar-refractivity contribution in [2.45, 2.75) is 51.7 Å². The first kappa shape index (κ1) is 40.1. The van der Waals surface area contributed by atoms with Gasteiger partial charge in [-0.15, -0.1) is 0 Å². The Labute approximate surface area is 307 Å². The van der Waals surface area contributed by atoms with E-state index in [4.69, 9.17) is 40.4 Å². The normalized spacial score (nSPS) is 13.0. The van der Waals surface area contributed by atoms with Gasteiger partial charge >= 0.3 is 17.9 Å². The molecule has 5 aromatic rings. The third-order valence-electron chi connectivity index (χ3n) is 7.66. The van der Waals surface area contributed by atoms with Gasteiger partial charge in [-0.05, 0) is 63.2 Å². The molecule has 7 N–H and O–H groups in total. The number of nitrogens with two attached hydrogens (primary N) is 1. The summed E-state index contributed by atoms with van der Waals surface area (Å²) in [5, 5.41) is 36.0. The molecule has 2 aromatic carbocycles. The smallest absolute Gasteiger partial charge is 0.335 e. The zero-order valence-corrected chi connectivity index (χ0v) is 29.4. The van der Waals surface area contributed by atoms with E-state index in [1.807, 2.05) is 24.3 Å². The number of carbonyl (C=O) groups excluding carboxylic acids is 2. The summed E-state index contributed by atoms with van der Waals surface area (Å²) in [5.41, 5.74) is 6.69. The summed E-state index contributed by atoms with van der Waals surface area (Å²) < 4.78 is 19.7. The number of amides is 1. The molecule has 1 amide bonds. The molecule has 0 fully saturated rings. The van der Waals surface area contributed by atoms with E-state index in [0.29, 0.717) is 34.1 Å². The number of fused-ring (bicyclic) bond motifs is 1. The molecular formula is C36H38N6O12. The Balaban J connectivity index is 0.000000571. The number of ether oxygens (including phenoxy) is 3. The van der Waals surface area contributed by atoms with Gasteiger partial charge < -0.3 is 45.7 Å². The standard InChI is InChI=1S/C32H32N6O6.C4H6O6/c1-19(43-32(41)20(2)33)18-37-21(3)29(31(40)38(37)22-8-6-5-7-9-22)30(39)36-28-13-11-24(17-35-28)44-27-14-15-34-26-16-23(42-4)10-12-25(26)27;5-1(3(7)8)2(6)4(9)10/h5-17,19-20H,18,33H2,1-4H3,(H,35,36,39);1-2,5-6H,(H,7,8)(H,9,10)/t19-,20+;1-,2-/m10/s1. The van der Waals surface area contributed by atoms with Crippen molar-refractivity contribution in [3.63, 3.8) is 0 Å². The van der Waals surface area contributed by atoms with Crippen molar-refractivity contribution < 1.29 is 53.8 Å². The molecule has 0 aliphatic heterocycles. The molecule has 0 saturated carbocycles. The van der Waals surface area contributed by atoms with E-state index in [2.05, 4.69) is 15.3 Å². The van der Waals surface area contributed by atoms with Crippen LogP contribution in [0.5, 0.6) is 17.2 Å². The highest BCUT2D eigenvalue weighted by atomic mass is 16.5. The van der Waals surface area contributed by atoms with Crippen LogP contribution in [0, 0.1) is 6.92 Å². The predicted molar refractivity (Wildman–Crippen MR) is 192 cm³/mol. The Morgan fingerprint density at radius 1 is 0.907 bits per heavy atom. The highest BCUT2D eigenvalue weighted by Crippen LogP contribution is 2.31. The van der Waals surface area contributed by atoms with Gasteiger partial charge in [-0.3, -0.25) is 24.0 Å². The van der Waals surface area contributed by atoms with Crippen LogP contribution in [-0.2, 0) is 25.7 Å². The zero-order valence-electron chi connectivity index (χ0n) is 29.4. The number of nitrogens with zero attached hydrogens (tertiary/aromatic N) is 4. The van der Waals surface area contributed by atoms with Gasteiger partial charge in [0.05, 0.1) is 36.7 Å². The third kappa shape index (κ3) is 9.62. The van der Waals surface area contributed by atoms with Gasteiger partial charge in [-0.25, -0.2) is 19.3 Å². The van der Waals surface area contributed by atoms with Gasteiger partial charge in [0.1, 0.15) is 40.8 Å². The predicted octanol–water partition coefficient (Wildman–Crippen LogP) is 2.10. The molecule has 0 aliphatic carbocycles. The molecule has 0 radical (unpaired) electrons. The van der Waals surface area contributed by atoms with Crippen LogP contribution in [0.25, 0.3) is 16.6 Å². The summed E-state index contributed by atoms with van der Waals surface area (Å²) in [5.74, 6) is -2.81. The maximum atomic E-state index is 13.7. The fraction of sp³-hybridized carbons (Fsp3) is 0.250. The largest absolute Gasteiger partial charge is 0.497 e. The third-order valence-corrected chi connectivity index (χ3v) is 7.66. The van der Waals surface area contributed by atoms with Gasteiger partial charge in [0.15, 0.2) is 12.2 Å². The molecule has 54 heavy (non-hydrogen) atoms. The molecule has 0 saturated heterocycles. The second-order valence-corrected chi connectivity index (χ2v) is 11.7. The Bertz CT molecular complexity index is 2170. The van der Waals surface area contributed by atoms with Crippen LogP contribution in [-0.4, -0.2) is 95.0 Å². The Kier molecular flexibility index (Phi) is 13.2. The SMILES string of the molecule is COc1ccc2c(Oc3ccc(NC(=O)c4c(C)n(C[C@@H](C)OC(=O)[C@H](C)N)n(-c5ccccc5)c4=O)nc3)ccnc2c1.O=C(O)[C@@H](O)[C@H](O)C(=O)O. The first-order valence-electron chi connectivity index (χ1n) is 16.2. The average Bonchev–Trinajstić information content (AvgIpc) is 3.39. The lowest BCUT2D eigenvalue weighted by Gasteiger charge is -2.19. The maximum absolute atomic E-state index is 13.7. The van der Waals surface area contributed by atoms with Gasteiger partial charge in [0.2, 0.25) is 0 Å². The molecule has 4 atom stereocenters. The number of hydrogen-bond donors (Lipinski definition) is 6. The second-order valence-electron chi connectivity index (χ2n) is 11.7. The van der Waals surface area contributed by atoms with Crippen LogP contribution in [0.1, 0.15) is 29.9 Å². The quantitative estimate of drug-likeness (QED) is 0.0942. The minimum atomic E-state index is -2.27. The van der Waals surface area contributed by atoms with E-state index in [1.165, 1.54) is 17.8 Å². The van der Waals surface area contributed by atoms with Crippen molar-refractivity contribution in [3.8, 4) is 22.9 Å². The number of nitrogens with one attached hydrogen (secondary N) is 1. The van der Waals surface area contributed by atoms with E-state index in [9.17, 15) is 24.0 Å². The van der Waals surface area contributed by atoms with Crippen molar-refractivity contribution in [1.82, 2.24) is 19.3 Å². The Hall–Kier alpha value is -6.63. The number of anilines is 1. The summed E-state index contributed by atoms with van der Waals surface area (Å²) in [4.78, 5) is 67.4. The van der Waals surface area contributed by atoms with Crippen molar-refractivity contribution in [1.29, 1.82) is 0 Å². The van der Waals surface area contributed by atoms with Gasteiger partial charge in [-0.1, -0.05) is 18.2 Å². The molecule has 18 nitrogen and oxygen atoms in total. The summed E-state index contributed by atoms with van der Waals surface area (Å²) in [6.07, 6.45) is -2.05. The number of aromatic nitrogens is 4. The average molecular weight is 747 g/mol. The number of pyridine rings is 2. The minimum absolute atomic E-state index is 0.0691. The lowest BCUT2D eigenvalue weighted by atomic mass is 10.2. The van der Waals surface area contributed by atoms with Crippen LogP contribution in [0.4, 0.5) is 5.82 Å². The number of carbonyl (C=O) groups is 4. The van der Waals surface area contributed by atoms with Crippen molar-refractivity contribution in [2.75, 3.05) is 12.4 Å². The minimum Gasteiger partial charge on any atom is -0.497 e. The number of para-hydroxylation sites is 1. The van der Waals surface area contributed by atoms with E-state index in [1.54, 1.807) is 74.3 Å². The number of carboxylic acids is 2. The van der Waals surface area contributed by atoms with Crippen LogP contribution in [0.15, 0.2) is 83.9 Å². The number of rotatable bonds is 13. The number of hydrogen-bond acceptors (Lipinski definition) is 13. The van der Waals surface area contributed by atoms with Crippen molar-refractivity contribution >= 4 is 40.5 Å². The number of methoxy groups -OCH3 is 1. The number of carboxylic acid groups (broad SMARTS) is 2. The molecular weight excluding hydrogens is 708 g/mol. The fourth-order valence-corrected chi connectivity index (χ4v) is 4.95. The summed E-state index contributed by atoms with van der Waals surface area (Å²) in [7, 11) is 1.59. The fourth-order valence-electron chi connectivity index (χ4n) is 4.95. The van der Waals surface area contributed by atoms with E-state index in [0.717, 1.165) is 5.39 Å². The Morgan fingerprint density at radius 2 is 1.56 bits per heavy atom. The lowest BCUT2D eigenvalue weighted by molar-refractivity contribution is -0.165. The van der Waals surface area contributed by atoms with E-state index < -0.39 is 53.7 Å². The highest BCUT2D eigenvalue weighted by molar-refractivity contribution is 6.04. The van der Waals surface area contributed by atoms with Gasteiger partial charge in [-0.2, -0.15) is 0 Å². The van der Waals surface area contributed by atoms with E-state index in [-0.39, 0.29) is 17.9 Å². The lowest BCUT2D eigenvalue weighted by Crippen LogP contribution is -2.39. The number of aliphatic carboxylic acids is 2. The number of esters is 1. The number of benzene rings is 2. The number of aliphatic hydroxyl groups is 2. The Morgan fingerprint density at radius 3 is 2.13 bits per heavy atom. The highest BCUT2D eigenvalue weighted by Gasteiger charge is 2.29. The number of aliphatic hydroxyl groups excluding tert-OH is 2. The first-order chi connectivity index (χ1) is 25.6.